The van der Waals surface area contributed by atoms with Crippen molar-refractivity contribution in [2.45, 2.75) is 62.6 Å². The maximum atomic E-state index is 13.4. The quantitative estimate of drug-likeness (QED) is 0.408. The van der Waals surface area contributed by atoms with Crippen LogP contribution in [0.25, 0.3) is 0 Å². The van der Waals surface area contributed by atoms with Crippen molar-refractivity contribution >= 4 is 29.6 Å². The normalized spacial score (nSPS) is 15.6. The zero-order valence-electron chi connectivity index (χ0n) is 19.3. The highest BCUT2D eigenvalue weighted by Crippen LogP contribution is 2.29. The molecule has 2 N–H and O–H groups in total. The summed E-state index contributed by atoms with van der Waals surface area (Å²) < 4.78 is 10.3. The molecule has 7 nitrogen and oxygen atoms in total. The van der Waals surface area contributed by atoms with E-state index in [2.05, 4.69) is 10.6 Å². The van der Waals surface area contributed by atoms with Crippen LogP contribution in [0.3, 0.4) is 0 Å². The van der Waals surface area contributed by atoms with Crippen molar-refractivity contribution in [3.8, 4) is 0 Å². The number of carbonyl (C=O) groups excluding carboxylic acids is 3. The van der Waals surface area contributed by atoms with Crippen molar-refractivity contribution in [2.75, 3.05) is 7.11 Å². The Balaban J connectivity index is 1.74. The average molecular weight is 487 g/mol. The topological polar surface area (TPSA) is 93.7 Å². The minimum atomic E-state index is -1.08. The van der Waals surface area contributed by atoms with Crippen molar-refractivity contribution in [2.24, 2.45) is 0 Å². The second-order valence-corrected chi connectivity index (χ2v) is 8.80. The van der Waals surface area contributed by atoms with Crippen molar-refractivity contribution in [3.63, 3.8) is 0 Å². The Bertz CT molecular complexity index is 959. The Morgan fingerprint density at radius 2 is 1.59 bits per heavy atom. The molecule has 0 aliphatic heterocycles. The second-order valence-electron chi connectivity index (χ2n) is 8.54. The average Bonchev–Trinajstić information content (AvgIpc) is 2.88. The van der Waals surface area contributed by atoms with E-state index in [4.69, 9.17) is 21.1 Å². The molecule has 0 saturated heterocycles. The first-order chi connectivity index (χ1) is 16.5. The number of methoxy groups -OCH3 is 1. The summed E-state index contributed by atoms with van der Waals surface area (Å²) in [5.74, 6) is -0.529. The molecule has 0 unspecified atom stereocenters. The number of benzene rings is 2. The lowest BCUT2D eigenvalue weighted by atomic mass is 9.81. The summed E-state index contributed by atoms with van der Waals surface area (Å²) in [7, 11) is 1.32. The molecule has 1 saturated carbocycles. The fourth-order valence-corrected chi connectivity index (χ4v) is 4.35. The Morgan fingerprint density at radius 1 is 0.941 bits per heavy atom. The Labute approximate surface area is 205 Å². The summed E-state index contributed by atoms with van der Waals surface area (Å²) in [4.78, 5) is 38.5. The van der Waals surface area contributed by atoms with E-state index in [0.717, 1.165) is 36.0 Å². The van der Waals surface area contributed by atoms with E-state index in [9.17, 15) is 14.4 Å². The molecule has 1 atom stereocenters. The van der Waals surface area contributed by atoms with Gasteiger partial charge in [-0.25, -0.2) is 9.59 Å². The number of halogens is 1. The third-order valence-electron chi connectivity index (χ3n) is 6.08. The van der Waals surface area contributed by atoms with Crippen LogP contribution in [0.15, 0.2) is 54.6 Å². The van der Waals surface area contributed by atoms with Gasteiger partial charge >= 0.3 is 12.1 Å². The number of carbonyl (C=O) groups is 3. The number of amides is 2. The van der Waals surface area contributed by atoms with Gasteiger partial charge in [-0.1, -0.05) is 73.9 Å². The number of nitrogens with one attached hydrogen (secondary N) is 2. The molecule has 1 aliphatic rings. The molecule has 34 heavy (non-hydrogen) atoms. The molecule has 0 aromatic heterocycles. The number of hydrogen-bond donors (Lipinski definition) is 2. The lowest BCUT2D eigenvalue weighted by molar-refractivity contribution is -0.152. The monoisotopic (exact) mass is 486 g/mol. The maximum Gasteiger partial charge on any atom is 0.408 e. The maximum absolute atomic E-state index is 13.4. The van der Waals surface area contributed by atoms with Gasteiger partial charge in [0.15, 0.2) is 0 Å². The lowest BCUT2D eigenvalue weighted by Crippen LogP contribution is -2.60. The van der Waals surface area contributed by atoms with Gasteiger partial charge in [0.1, 0.15) is 18.2 Å². The van der Waals surface area contributed by atoms with Gasteiger partial charge in [-0.3, -0.25) is 4.79 Å². The summed E-state index contributed by atoms with van der Waals surface area (Å²) in [6.45, 7) is 0.0809. The van der Waals surface area contributed by atoms with E-state index in [1.165, 1.54) is 7.11 Å². The zero-order chi connectivity index (χ0) is 24.4. The van der Waals surface area contributed by atoms with E-state index in [0.29, 0.717) is 18.7 Å². The van der Waals surface area contributed by atoms with E-state index in [1.807, 2.05) is 54.6 Å². The summed E-state index contributed by atoms with van der Waals surface area (Å²) in [5, 5.41) is 5.58. The van der Waals surface area contributed by atoms with Crippen LogP contribution in [0.4, 0.5) is 4.79 Å². The molecule has 3 rings (SSSR count). The van der Waals surface area contributed by atoms with Crippen LogP contribution in [-0.4, -0.2) is 36.7 Å². The number of alkyl halides is 1. The third kappa shape index (κ3) is 6.97. The van der Waals surface area contributed by atoms with E-state index < -0.39 is 29.6 Å². The Hall–Kier alpha value is -3.06. The molecule has 2 aromatic rings. The van der Waals surface area contributed by atoms with Crippen LogP contribution >= 0.6 is 11.6 Å². The summed E-state index contributed by atoms with van der Waals surface area (Å²) >= 11 is 5.88. The van der Waals surface area contributed by atoms with E-state index >= 15 is 0 Å². The molecule has 182 valence electrons. The Kier molecular flexibility index (Phi) is 9.33. The van der Waals surface area contributed by atoms with Gasteiger partial charge in [0, 0.05) is 12.3 Å². The van der Waals surface area contributed by atoms with E-state index in [1.54, 1.807) is 0 Å². The molecule has 8 heteroatoms. The van der Waals surface area contributed by atoms with Gasteiger partial charge in [0.2, 0.25) is 5.91 Å². The molecule has 0 spiro atoms. The van der Waals surface area contributed by atoms with E-state index in [-0.39, 0.29) is 13.0 Å². The van der Waals surface area contributed by atoms with Crippen molar-refractivity contribution in [1.82, 2.24) is 10.6 Å². The first-order valence-corrected chi connectivity index (χ1v) is 12.0. The SMILES string of the molecule is COC(=O)C1(NC(=O)[C@H](Cc2ccc(CCl)cc2)NC(=O)OCc2ccccc2)CCCCC1. The molecule has 1 aliphatic carbocycles. The minimum absolute atomic E-state index is 0.0809. The zero-order valence-corrected chi connectivity index (χ0v) is 20.1. The third-order valence-corrected chi connectivity index (χ3v) is 6.39. The number of esters is 1. The summed E-state index contributed by atoms with van der Waals surface area (Å²) in [5.41, 5.74) is 1.55. The second kappa shape index (κ2) is 12.4. The van der Waals surface area contributed by atoms with Gasteiger partial charge < -0.3 is 20.1 Å². The van der Waals surface area contributed by atoms with Gasteiger partial charge in [0.25, 0.3) is 0 Å². The standard InChI is InChI=1S/C26H31ClN2O5/c1-33-24(31)26(14-6-3-7-15-26)29-23(30)22(16-19-10-12-20(17-27)13-11-19)28-25(32)34-18-21-8-4-2-5-9-21/h2,4-5,8-13,22H,3,6-7,14-18H2,1H3,(H,28,32)(H,29,30)/t22-/m0/s1. The predicted octanol–water partition coefficient (Wildman–Crippen LogP) is 4.26. The van der Waals surface area contributed by atoms with Gasteiger partial charge in [-0.05, 0) is 29.5 Å². The number of alkyl carbamates (subject to hydrolysis) is 1. The van der Waals surface area contributed by atoms with Crippen LogP contribution < -0.4 is 10.6 Å². The summed E-state index contributed by atoms with van der Waals surface area (Å²) in [6, 6.07) is 15.8. The molecule has 0 radical (unpaired) electrons. The predicted molar refractivity (Wildman–Crippen MR) is 129 cm³/mol. The lowest BCUT2D eigenvalue weighted by Gasteiger charge is -2.36. The summed E-state index contributed by atoms with van der Waals surface area (Å²) in [6.07, 6.45) is 3.14. The molecule has 1 fully saturated rings. The van der Waals surface area contributed by atoms with Gasteiger partial charge in [0.05, 0.1) is 7.11 Å². The molecule has 2 aromatic carbocycles. The van der Waals surface area contributed by atoms with Crippen LogP contribution in [0.5, 0.6) is 0 Å². The van der Waals surface area contributed by atoms with Gasteiger partial charge in [-0.15, -0.1) is 11.6 Å². The van der Waals surface area contributed by atoms with Crippen LogP contribution in [0.2, 0.25) is 0 Å². The van der Waals surface area contributed by atoms with Crippen LogP contribution in [0, 0.1) is 0 Å². The molecule has 2 amide bonds. The Morgan fingerprint density at radius 3 is 2.21 bits per heavy atom. The highest BCUT2D eigenvalue weighted by atomic mass is 35.5. The van der Waals surface area contributed by atoms with Crippen LogP contribution in [0.1, 0.15) is 48.8 Å². The van der Waals surface area contributed by atoms with Crippen molar-refractivity contribution in [3.05, 3.63) is 71.3 Å². The smallest absolute Gasteiger partial charge is 0.408 e. The number of rotatable bonds is 9. The fourth-order valence-electron chi connectivity index (χ4n) is 4.17. The number of hydrogen-bond acceptors (Lipinski definition) is 5. The molecule has 0 bridgehead atoms. The highest BCUT2D eigenvalue weighted by Gasteiger charge is 2.43. The minimum Gasteiger partial charge on any atom is -0.467 e. The largest absolute Gasteiger partial charge is 0.467 e. The van der Waals surface area contributed by atoms with Crippen molar-refractivity contribution < 1.29 is 23.9 Å². The molecular weight excluding hydrogens is 456 g/mol. The molecular formula is C26H31ClN2O5. The van der Waals surface area contributed by atoms with Crippen molar-refractivity contribution in [1.29, 1.82) is 0 Å². The van der Waals surface area contributed by atoms with Gasteiger partial charge in [-0.2, -0.15) is 0 Å². The first-order valence-electron chi connectivity index (χ1n) is 11.5. The highest BCUT2D eigenvalue weighted by molar-refractivity contribution is 6.17. The van der Waals surface area contributed by atoms with Crippen LogP contribution in [-0.2, 0) is 38.0 Å². The fraction of sp³-hybridized carbons (Fsp3) is 0.423. The number of ether oxygens (including phenoxy) is 2. The molecule has 0 heterocycles. The first kappa shape index (κ1) is 25.6.